The van der Waals surface area contributed by atoms with Crippen LogP contribution in [-0.4, -0.2) is 0 Å². The first kappa shape index (κ1) is 17.5. The minimum absolute atomic E-state index is 1.26. The lowest BCUT2D eigenvalue weighted by molar-refractivity contribution is 1.70. The van der Waals surface area contributed by atoms with Crippen LogP contribution in [0.15, 0.2) is 121 Å². The third kappa shape index (κ3) is 2.44. The van der Waals surface area contributed by atoms with Gasteiger partial charge in [0.05, 0.1) is 0 Å². The van der Waals surface area contributed by atoms with E-state index in [9.17, 15) is 0 Å². The zero-order chi connectivity index (χ0) is 21.1. The van der Waals surface area contributed by atoms with Crippen LogP contribution in [0.25, 0.3) is 65.0 Å². The number of hydrogen-bond donors (Lipinski definition) is 0. The molecule has 0 bridgehead atoms. The Bertz CT molecular complexity index is 1790. The quantitative estimate of drug-likeness (QED) is 0.239. The van der Waals surface area contributed by atoms with Gasteiger partial charge in [0.15, 0.2) is 0 Å². The summed E-state index contributed by atoms with van der Waals surface area (Å²) in [6.07, 6.45) is 0. The van der Waals surface area contributed by atoms with Crippen LogP contribution in [0.3, 0.4) is 0 Å². The van der Waals surface area contributed by atoms with E-state index in [4.69, 9.17) is 0 Å². The third-order valence-corrected chi connectivity index (χ3v) is 6.84. The highest BCUT2D eigenvalue weighted by Gasteiger charge is 2.11. The highest BCUT2D eigenvalue weighted by molar-refractivity contribution is 6.26. The molecule has 0 aliphatic heterocycles. The zero-order valence-corrected chi connectivity index (χ0v) is 17.5. The first-order valence-corrected chi connectivity index (χ1v) is 11.1. The normalized spacial score (nSPS) is 11.8. The summed E-state index contributed by atoms with van der Waals surface area (Å²) in [5.74, 6) is 0. The fourth-order valence-corrected chi connectivity index (χ4v) is 5.37. The Labute approximate surface area is 186 Å². The largest absolute Gasteiger partial charge is 0.0616 e. The average molecular weight is 405 g/mol. The second-order valence-corrected chi connectivity index (χ2v) is 8.54. The number of rotatable bonds is 1. The molecule has 148 valence electrons. The van der Waals surface area contributed by atoms with Crippen LogP contribution >= 0.6 is 0 Å². The van der Waals surface area contributed by atoms with Crippen molar-refractivity contribution in [2.75, 3.05) is 0 Å². The van der Waals surface area contributed by atoms with Crippen LogP contribution in [0.4, 0.5) is 0 Å². The van der Waals surface area contributed by atoms with Crippen molar-refractivity contribution in [3.63, 3.8) is 0 Å². The Morgan fingerprint density at radius 1 is 0.281 bits per heavy atom. The van der Waals surface area contributed by atoms with E-state index in [2.05, 4.69) is 121 Å². The lowest BCUT2D eigenvalue weighted by Crippen LogP contribution is -1.86. The molecule has 0 N–H and O–H groups in total. The van der Waals surface area contributed by atoms with Gasteiger partial charge in [-0.05, 0) is 71.1 Å². The standard InChI is InChI=1S/C32H20/c1-2-9-23-21(8-1)16-18-30-24(14-7-15-25(23)30)22-17-19-31-28-12-4-3-10-26(28)27-11-5-6-13-29(27)32(31)20-22/h1-20H. The molecule has 0 spiro atoms. The van der Waals surface area contributed by atoms with E-state index in [1.54, 1.807) is 0 Å². The monoisotopic (exact) mass is 404 g/mol. The van der Waals surface area contributed by atoms with Gasteiger partial charge in [0, 0.05) is 0 Å². The van der Waals surface area contributed by atoms with Gasteiger partial charge in [0.2, 0.25) is 0 Å². The summed E-state index contributed by atoms with van der Waals surface area (Å²) in [7, 11) is 0. The van der Waals surface area contributed by atoms with Gasteiger partial charge in [0.25, 0.3) is 0 Å². The molecule has 0 aliphatic carbocycles. The van der Waals surface area contributed by atoms with Crippen molar-refractivity contribution in [1.82, 2.24) is 0 Å². The van der Waals surface area contributed by atoms with Crippen LogP contribution in [-0.2, 0) is 0 Å². The van der Waals surface area contributed by atoms with Gasteiger partial charge in [-0.15, -0.1) is 0 Å². The summed E-state index contributed by atoms with van der Waals surface area (Å²) in [5, 5.41) is 13.1. The van der Waals surface area contributed by atoms with E-state index in [1.165, 1.54) is 65.0 Å². The molecule has 0 nitrogen and oxygen atoms in total. The molecule has 7 rings (SSSR count). The van der Waals surface area contributed by atoms with Gasteiger partial charge in [0.1, 0.15) is 0 Å². The van der Waals surface area contributed by atoms with Gasteiger partial charge in [-0.25, -0.2) is 0 Å². The molecule has 0 saturated heterocycles. The summed E-state index contributed by atoms with van der Waals surface area (Å²) < 4.78 is 0. The summed E-state index contributed by atoms with van der Waals surface area (Å²) in [5.41, 5.74) is 2.55. The van der Waals surface area contributed by atoms with Crippen LogP contribution < -0.4 is 0 Å². The van der Waals surface area contributed by atoms with Crippen molar-refractivity contribution in [2.45, 2.75) is 0 Å². The van der Waals surface area contributed by atoms with Gasteiger partial charge in [-0.1, -0.05) is 115 Å². The highest BCUT2D eigenvalue weighted by atomic mass is 14.1. The lowest BCUT2D eigenvalue weighted by Gasteiger charge is -2.13. The average Bonchev–Trinajstić information content (AvgIpc) is 2.88. The fraction of sp³-hybridized carbons (Fsp3) is 0. The Kier molecular flexibility index (Phi) is 3.65. The molecule has 0 unspecified atom stereocenters. The lowest BCUT2D eigenvalue weighted by atomic mass is 9.90. The van der Waals surface area contributed by atoms with Crippen molar-refractivity contribution >= 4 is 53.9 Å². The van der Waals surface area contributed by atoms with Crippen LogP contribution in [0.5, 0.6) is 0 Å². The second-order valence-electron chi connectivity index (χ2n) is 8.54. The molecule has 0 aliphatic rings. The fourth-order valence-electron chi connectivity index (χ4n) is 5.37. The van der Waals surface area contributed by atoms with E-state index in [-0.39, 0.29) is 0 Å². The molecule has 0 saturated carbocycles. The van der Waals surface area contributed by atoms with Crippen LogP contribution in [0.2, 0.25) is 0 Å². The maximum atomic E-state index is 2.38. The van der Waals surface area contributed by atoms with Gasteiger partial charge >= 0.3 is 0 Å². The third-order valence-electron chi connectivity index (χ3n) is 6.84. The summed E-state index contributed by atoms with van der Waals surface area (Å²) in [6.45, 7) is 0. The van der Waals surface area contributed by atoms with Crippen molar-refractivity contribution in [3.8, 4) is 11.1 Å². The Morgan fingerprint density at radius 3 is 1.50 bits per heavy atom. The van der Waals surface area contributed by atoms with Crippen LogP contribution in [0, 0.1) is 0 Å². The summed E-state index contributed by atoms with van der Waals surface area (Å²) >= 11 is 0. The minimum atomic E-state index is 1.26. The number of hydrogen-bond acceptors (Lipinski definition) is 0. The topological polar surface area (TPSA) is 0 Å². The minimum Gasteiger partial charge on any atom is -0.0616 e. The van der Waals surface area contributed by atoms with Crippen LogP contribution in [0.1, 0.15) is 0 Å². The molecule has 7 aromatic rings. The van der Waals surface area contributed by atoms with Gasteiger partial charge in [-0.2, -0.15) is 0 Å². The Balaban J connectivity index is 1.59. The van der Waals surface area contributed by atoms with Crippen molar-refractivity contribution < 1.29 is 0 Å². The Morgan fingerprint density at radius 2 is 0.781 bits per heavy atom. The molecule has 0 radical (unpaired) electrons. The van der Waals surface area contributed by atoms with Gasteiger partial charge in [-0.3, -0.25) is 0 Å². The number of fused-ring (bicyclic) bond motifs is 9. The molecular weight excluding hydrogens is 384 g/mol. The van der Waals surface area contributed by atoms with Gasteiger partial charge < -0.3 is 0 Å². The summed E-state index contributed by atoms with van der Waals surface area (Å²) in [4.78, 5) is 0. The zero-order valence-electron chi connectivity index (χ0n) is 17.5. The second kappa shape index (κ2) is 6.67. The maximum Gasteiger partial charge on any atom is -0.00928 e. The maximum absolute atomic E-state index is 2.38. The van der Waals surface area contributed by atoms with E-state index in [0.717, 1.165) is 0 Å². The molecule has 0 heterocycles. The molecule has 0 aromatic heterocycles. The molecule has 0 fully saturated rings. The molecule has 0 amide bonds. The van der Waals surface area contributed by atoms with Crippen molar-refractivity contribution in [1.29, 1.82) is 0 Å². The molecular formula is C32H20. The van der Waals surface area contributed by atoms with E-state index >= 15 is 0 Å². The first-order chi connectivity index (χ1) is 15.9. The first-order valence-electron chi connectivity index (χ1n) is 11.1. The van der Waals surface area contributed by atoms with E-state index in [0.29, 0.717) is 0 Å². The summed E-state index contributed by atoms with van der Waals surface area (Å²) in [6, 6.07) is 44.4. The smallest absolute Gasteiger partial charge is 0.00928 e. The molecule has 0 heteroatoms. The molecule has 0 atom stereocenters. The predicted octanol–water partition coefficient (Wildman–Crippen LogP) is 9.12. The van der Waals surface area contributed by atoms with E-state index < -0.39 is 0 Å². The van der Waals surface area contributed by atoms with Crippen molar-refractivity contribution in [2.24, 2.45) is 0 Å². The van der Waals surface area contributed by atoms with E-state index in [1.807, 2.05) is 0 Å². The molecule has 32 heavy (non-hydrogen) atoms. The Hall–Kier alpha value is -4.16. The number of benzene rings is 7. The van der Waals surface area contributed by atoms with Crippen molar-refractivity contribution in [3.05, 3.63) is 121 Å². The SMILES string of the molecule is c1ccc2c(c1)ccc1c(-c3ccc4c5ccccc5c5ccccc5c4c3)cccc12. The predicted molar refractivity (Wildman–Crippen MR) is 139 cm³/mol. The molecule has 7 aromatic carbocycles. The highest BCUT2D eigenvalue weighted by Crippen LogP contribution is 2.39.